The van der Waals surface area contributed by atoms with Crippen molar-refractivity contribution in [1.29, 1.82) is 0 Å². The van der Waals surface area contributed by atoms with E-state index in [0.29, 0.717) is 0 Å². The average Bonchev–Trinajstić information content (AvgIpc) is 2.40. The molecule has 0 aliphatic carbocycles. The third kappa shape index (κ3) is 3.62. The lowest BCUT2D eigenvalue weighted by Gasteiger charge is -2.21. The maximum atomic E-state index is 9.65. The second-order valence-electron chi connectivity index (χ2n) is 5.22. The number of halogens is 1. The molecule has 0 fully saturated rings. The SMILES string of the molecule is Cc1ccc(CN(C)c2ccc([C@H](C)O)c(Br)c2)cc1. The van der Waals surface area contributed by atoms with Crippen LogP contribution in [0, 0.1) is 6.92 Å². The molecule has 1 N–H and O–H groups in total. The summed E-state index contributed by atoms with van der Waals surface area (Å²) in [6, 6.07) is 14.6. The van der Waals surface area contributed by atoms with Crippen LogP contribution in [-0.2, 0) is 6.54 Å². The zero-order chi connectivity index (χ0) is 14.7. The third-order valence-electron chi connectivity index (χ3n) is 3.42. The molecule has 3 heteroatoms. The fourth-order valence-corrected chi connectivity index (χ4v) is 2.85. The number of benzene rings is 2. The smallest absolute Gasteiger partial charge is 0.0772 e. The van der Waals surface area contributed by atoms with Crippen LogP contribution in [0.15, 0.2) is 46.9 Å². The van der Waals surface area contributed by atoms with Gasteiger partial charge in [0.25, 0.3) is 0 Å². The average molecular weight is 334 g/mol. The molecule has 0 aliphatic rings. The molecule has 0 heterocycles. The van der Waals surface area contributed by atoms with E-state index >= 15 is 0 Å². The van der Waals surface area contributed by atoms with Gasteiger partial charge in [-0.15, -0.1) is 0 Å². The summed E-state index contributed by atoms with van der Waals surface area (Å²) in [5, 5.41) is 9.65. The van der Waals surface area contributed by atoms with E-state index in [1.165, 1.54) is 11.1 Å². The molecular weight excluding hydrogens is 314 g/mol. The van der Waals surface area contributed by atoms with Crippen molar-refractivity contribution in [3.05, 3.63) is 63.6 Å². The van der Waals surface area contributed by atoms with Crippen LogP contribution in [0.5, 0.6) is 0 Å². The highest BCUT2D eigenvalue weighted by molar-refractivity contribution is 9.10. The summed E-state index contributed by atoms with van der Waals surface area (Å²) in [5.41, 5.74) is 4.61. The van der Waals surface area contributed by atoms with Crippen molar-refractivity contribution in [2.75, 3.05) is 11.9 Å². The first-order chi connectivity index (χ1) is 9.47. The molecule has 0 saturated carbocycles. The lowest BCUT2D eigenvalue weighted by molar-refractivity contribution is 0.198. The minimum absolute atomic E-state index is 0.458. The van der Waals surface area contributed by atoms with Gasteiger partial charge in [0, 0.05) is 23.8 Å². The number of hydrogen-bond donors (Lipinski definition) is 1. The maximum Gasteiger partial charge on any atom is 0.0772 e. The Balaban J connectivity index is 2.15. The van der Waals surface area contributed by atoms with Gasteiger partial charge in [-0.2, -0.15) is 0 Å². The van der Waals surface area contributed by atoms with Gasteiger partial charge in [-0.3, -0.25) is 0 Å². The van der Waals surface area contributed by atoms with Gasteiger partial charge in [0.1, 0.15) is 0 Å². The predicted molar refractivity (Wildman–Crippen MR) is 88.1 cm³/mol. The molecule has 1 atom stereocenters. The van der Waals surface area contributed by atoms with E-state index in [-0.39, 0.29) is 0 Å². The van der Waals surface area contributed by atoms with E-state index in [4.69, 9.17) is 0 Å². The first-order valence-electron chi connectivity index (χ1n) is 6.71. The number of aryl methyl sites for hydroxylation is 1. The molecule has 2 nitrogen and oxygen atoms in total. The minimum atomic E-state index is -0.458. The molecule has 0 bridgehead atoms. The van der Waals surface area contributed by atoms with Gasteiger partial charge in [0.2, 0.25) is 0 Å². The van der Waals surface area contributed by atoms with E-state index in [9.17, 15) is 5.11 Å². The molecule has 106 valence electrons. The van der Waals surface area contributed by atoms with Gasteiger partial charge in [-0.1, -0.05) is 51.8 Å². The van der Waals surface area contributed by atoms with E-state index in [2.05, 4.69) is 65.1 Å². The summed E-state index contributed by atoms with van der Waals surface area (Å²) in [6.45, 7) is 4.73. The lowest BCUT2D eigenvalue weighted by Crippen LogP contribution is -2.16. The number of aliphatic hydroxyl groups is 1. The quantitative estimate of drug-likeness (QED) is 0.893. The Morgan fingerprint density at radius 1 is 1.15 bits per heavy atom. The van der Waals surface area contributed by atoms with Crippen LogP contribution >= 0.6 is 15.9 Å². The van der Waals surface area contributed by atoms with Crippen LogP contribution in [0.2, 0.25) is 0 Å². The van der Waals surface area contributed by atoms with Crippen molar-refractivity contribution in [3.8, 4) is 0 Å². The molecule has 0 saturated heterocycles. The zero-order valence-electron chi connectivity index (χ0n) is 12.1. The van der Waals surface area contributed by atoms with Crippen molar-refractivity contribution in [3.63, 3.8) is 0 Å². The van der Waals surface area contributed by atoms with E-state index in [1.807, 2.05) is 12.1 Å². The van der Waals surface area contributed by atoms with Crippen LogP contribution in [0.1, 0.15) is 29.7 Å². The number of anilines is 1. The Bertz CT molecular complexity index is 578. The fraction of sp³-hybridized carbons (Fsp3) is 0.294. The zero-order valence-corrected chi connectivity index (χ0v) is 13.7. The monoisotopic (exact) mass is 333 g/mol. The number of nitrogens with zero attached hydrogens (tertiary/aromatic N) is 1. The first-order valence-corrected chi connectivity index (χ1v) is 7.51. The van der Waals surface area contributed by atoms with Crippen molar-refractivity contribution in [2.24, 2.45) is 0 Å². The lowest BCUT2D eigenvalue weighted by atomic mass is 10.1. The molecule has 2 rings (SSSR count). The second-order valence-corrected chi connectivity index (χ2v) is 6.08. The molecule has 0 unspecified atom stereocenters. The molecular formula is C17H20BrNO. The topological polar surface area (TPSA) is 23.5 Å². The highest BCUT2D eigenvalue weighted by Crippen LogP contribution is 2.28. The second kappa shape index (κ2) is 6.42. The van der Waals surface area contributed by atoms with Crippen molar-refractivity contribution in [1.82, 2.24) is 0 Å². The Morgan fingerprint density at radius 3 is 2.35 bits per heavy atom. The summed E-state index contributed by atoms with van der Waals surface area (Å²) in [7, 11) is 2.07. The molecule has 20 heavy (non-hydrogen) atoms. The predicted octanol–water partition coefficient (Wildman–Crippen LogP) is 4.45. The third-order valence-corrected chi connectivity index (χ3v) is 4.10. The minimum Gasteiger partial charge on any atom is -0.389 e. The van der Waals surface area contributed by atoms with Gasteiger partial charge in [0.15, 0.2) is 0 Å². The molecule has 2 aromatic carbocycles. The van der Waals surface area contributed by atoms with E-state index in [1.54, 1.807) is 6.92 Å². The molecule has 0 aromatic heterocycles. The van der Waals surface area contributed by atoms with E-state index < -0.39 is 6.10 Å². The van der Waals surface area contributed by atoms with Crippen LogP contribution in [0.4, 0.5) is 5.69 Å². The summed E-state index contributed by atoms with van der Waals surface area (Å²) in [5.74, 6) is 0. The largest absolute Gasteiger partial charge is 0.389 e. The Hall–Kier alpha value is -1.32. The Kier molecular flexibility index (Phi) is 4.84. The number of rotatable bonds is 4. The van der Waals surface area contributed by atoms with Crippen LogP contribution in [-0.4, -0.2) is 12.2 Å². The van der Waals surface area contributed by atoms with Gasteiger partial charge in [-0.25, -0.2) is 0 Å². The molecule has 0 spiro atoms. The van der Waals surface area contributed by atoms with Gasteiger partial charge in [-0.05, 0) is 37.1 Å². The van der Waals surface area contributed by atoms with Crippen LogP contribution in [0.3, 0.4) is 0 Å². The fourth-order valence-electron chi connectivity index (χ4n) is 2.15. The molecule has 2 aromatic rings. The number of aliphatic hydroxyl groups excluding tert-OH is 1. The highest BCUT2D eigenvalue weighted by Gasteiger charge is 2.09. The Morgan fingerprint density at radius 2 is 1.80 bits per heavy atom. The highest BCUT2D eigenvalue weighted by atomic mass is 79.9. The van der Waals surface area contributed by atoms with Gasteiger partial charge in [0.05, 0.1) is 6.10 Å². The number of hydrogen-bond acceptors (Lipinski definition) is 2. The standard InChI is InChI=1S/C17H20BrNO/c1-12-4-6-14(7-5-12)11-19(3)15-8-9-16(13(2)20)17(18)10-15/h4-10,13,20H,11H2,1-3H3/t13-/m0/s1. The summed E-state index contributed by atoms with van der Waals surface area (Å²) >= 11 is 3.52. The summed E-state index contributed by atoms with van der Waals surface area (Å²) in [6.07, 6.45) is -0.458. The molecule has 0 aliphatic heterocycles. The normalized spacial score (nSPS) is 12.2. The van der Waals surface area contributed by atoms with Crippen LogP contribution < -0.4 is 4.90 Å². The summed E-state index contributed by atoms with van der Waals surface area (Å²) < 4.78 is 0.945. The maximum absolute atomic E-state index is 9.65. The van der Waals surface area contributed by atoms with Gasteiger partial charge >= 0.3 is 0 Å². The Labute approximate surface area is 129 Å². The molecule has 0 radical (unpaired) electrons. The first kappa shape index (κ1) is 15.1. The van der Waals surface area contributed by atoms with Crippen molar-refractivity contribution < 1.29 is 5.11 Å². The molecule has 0 amide bonds. The van der Waals surface area contributed by atoms with Crippen LogP contribution in [0.25, 0.3) is 0 Å². The van der Waals surface area contributed by atoms with Crippen molar-refractivity contribution in [2.45, 2.75) is 26.5 Å². The van der Waals surface area contributed by atoms with Crippen molar-refractivity contribution >= 4 is 21.6 Å². The summed E-state index contributed by atoms with van der Waals surface area (Å²) in [4.78, 5) is 2.20. The van der Waals surface area contributed by atoms with Gasteiger partial charge < -0.3 is 10.0 Å². The van der Waals surface area contributed by atoms with E-state index in [0.717, 1.165) is 22.3 Å².